The van der Waals surface area contributed by atoms with Crippen LogP contribution in [-0.4, -0.2) is 34.7 Å². The van der Waals surface area contributed by atoms with Gasteiger partial charge in [0.05, 0.1) is 15.5 Å². The van der Waals surface area contributed by atoms with Crippen LogP contribution < -0.4 is 10.5 Å². The summed E-state index contributed by atoms with van der Waals surface area (Å²) in [6.07, 6.45) is 1.27. The molecule has 22 heavy (non-hydrogen) atoms. The van der Waals surface area contributed by atoms with E-state index in [1.807, 2.05) is 13.8 Å². The molecule has 1 rings (SSSR count). The zero-order valence-corrected chi connectivity index (χ0v) is 14.8. The first-order chi connectivity index (χ1) is 10.1. The second-order valence-corrected chi connectivity index (χ2v) is 9.32. The molecule has 0 aromatic heterocycles. The Morgan fingerprint density at radius 3 is 2.09 bits per heavy atom. The Bertz CT molecular complexity index is 708. The minimum absolute atomic E-state index is 0.00266. The fourth-order valence-electron chi connectivity index (χ4n) is 1.82. The van der Waals surface area contributed by atoms with E-state index in [1.54, 1.807) is 0 Å². The lowest BCUT2D eigenvalue weighted by Gasteiger charge is -2.26. The molecule has 0 spiro atoms. The van der Waals surface area contributed by atoms with Crippen LogP contribution in [0.5, 0.6) is 0 Å². The third kappa shape index (κ3) is 4.52. The average Bonchev–Trinajstić information content (AvgIpc) is 2.53. The van der Waals surface area contributed by atoms with E-state index in [0.29, 0.717) is 12.8 Å². The zero-order chi connectivity index (χ0) is 17.0. The van der Waals surface area contributed by atoms with Crippen LogP contribution in [0.2, 0.25) is 0 Å². The maximum absolute atomic E-state index is 12.3. The third-order valence-corrected chi connectivity index (χ3v) is 7.01. The molecule has 126 valence electrons. The standard InChI is InChI=1S/C14H24N2O4S2/c1-4-14(15,5-2)11-16-22(19,20)13-9-7-8-12(10-13)21(17,18)6-3/h7-10,16H,4-6,11,15H2,1-3H3. The van der Waals surface area contributed by atoms with E-state index < -0.39 is 25.4 Å². The minimum Gasteiger partial charge on any atom is -0.324 e. The van der Waals surface area contributed by atoms with Crippen LogP contribution in [0.15, 0.2) is 34.1 Å². The van der Waals surface area contributed by atoms with E-state index >= 15 is 0 Å². The molecule has 0 aliphatic rings. The molecule has 0 amide bonds. The lowest BCUT2D eigenvalue weighted by atomic mass is 9.95. The van der Waals surface area contributed by atoms with Crippen molar-refractivity contribution in [3.63, 3.8) is 0 Å². The summed E-state index contributed by atoms with van der Waals surface area (Å²) in [6.45, 7) is 5.41. The van der Waals surface area contributed by atoms with Gasteiger partial charge in [-0.1, -0.05) is 26.8 Å². The number of rotatable bonds is 8. The maximum atomic E-state index is 12.3. The summed E-state index contributed by atoms with van der Waals surface area (Å²) < 4.78 is 50.8. The quantitative estimate of drug-likeness (QED) is 0.736. The van der Waals surface area contributed by atoms with Gasteiger partial charge in [-0.05, 0) is 31.0 Å². The summed E-state index contributed by atoms with van der Waals surface area (Å²) in [5, 5.41) is 0. The highest BCUT2D eigenvalue weighted by atomic mass is 32.2. The molecule has 0 bridgehead atoms. The predicted molar refractivity (Wildman–Crippen MR) is 86.9 cm³/mol. The molecule has 0 fully saturated rings. The number of hydrogen-bond acceptors (Lipinski definition) is 5. The lowest BCUT2D eigenvalue weighted by Crippen LogP contribution is -2.49. The normalized spacial score (nSPS) is 13.3. The second-order valence-electron chi connectivity index (χ2n) is 5.27. The minimum atomic E-state index is -3.80. The van der Waals surface area contributed by atoms with E-state index in [9.17, 15) is 16.8 Å². The molecule has 3 N–H and O–H groups in total. The van der Waals surface area contributed by atoms with E-state index in [4.69, 9.17) is 5.73 Å². The van der Waals surface area contributed by atoms with Crippen molar-refractivity contribution in [2.75, 3.05) is 12.3 Å². The summed E-state index contributed by atoms with van der Waals surface area (Å²) >= 11 is 0. The Labute approximate surface area is 133 Å². The van der Waals surface area contributed by atoms with Gasteiger partial charge in [-0.2, -0.15) is 0 Å². The molecule has 0 saturated heterocycles. The monoisotopic (exact) mass is 348 g/mol. The van der Waals surface area contributed by atoms with Crippen molar-refractivity contribution >= 4 is 19.9 Å². The molecule has 0 aliphatic heterocycles. The van der Waals surface area contributed by atoms with Gasteiger partial charge in [-0.15, -0.1) is 0 Å². The summed E-state index contributed by atoms with van der Waals surface area (Å²) in [6, 6.07) is 5.36. The Morgan fingerprint density at radius 1 is 1.05 bits per heavy atom. The number of nitrogens with two attached hydrogens (primary N) is 1. The lowest BCUT2D eigenvalue weighted by molar-refractivity contribution is 0.391. The van der Waals surface area contributed by atoms with Gasteiger partial charge in [0.1, 0.15) is 0 Å². The summed E-state index contributed by atoms with van der Waals surface area (Å²) in [7, 11) is -7.25. The first-order valence-electron chi connectivity index (χ1n) is 7.21. The van der Waals surface area contributed by atoms with Crippen molar-refractivity contribution in [1.82, 2.24) is 4.72 Å². The number of nitrogens with one attached hydrogen (secondary N) is 1. The smallest absolute Gasteiger partial charge is 0.240 e. The molecule has 0 atom stereocenters. The Kier molecular flexibility index (Phi) is 6.14. The molecule has 1 aromatic carbocycles. The van der Waals surface area contributed by atoms with Crippen LogP contribution in [0, 0.1) is 0 Å². The SMILES string of the molecule is CCC(N)(CC)CNS(=O)(=O)c1cccc(S(=O)(=O)CC)c1. The van der Waals surface area contributed by atoms with E-state index in [1.165, 1.54) is 31.2 Å². The predicted octanol–water partition coefficient (Wildman–Crippen LogP) is 1.28. The fourth-order valence-corrected chi connectivity index (χ4v) is 4.01. The fraction of sp³-hybridized carbons (Fsp3) is 0.571. The number of benzene rings is 1. The van der Waals surface area contributed by atoms with Crippen molar-refractivity contribution in [2.24, 2.45) is 5.73 Å². The molecule has 0 heterocycles. The van der Waals surface area contributed by atoms with Crippen LogP contribution in [0.4, 0.5) is 0 Å². The van der Waals surface area contributed by atoms with Crippen LogP contribution in [0.3, 0.4) is 0 Å². The molecule has 0 unspecified atom stereocenters. The Morgan fingerprint density at radius 2 is 1.59 bits per heavy atom. The van der Waals surface area contributed by atoms with Gasteiger partial charge >= 0.3 is 0 Å². The number of sulfone groups is 1. The highest BCUT2D eigenvalue weighted by molar-refractivity contribution is 7.91. The van der Waals surface area contributed by atoms with Crippen LogP contribution >= 0.6 is 0 Å². The maximum Gasteiger partial charge on any atom is 0.240 e. The molecule has 8 heteroatoms. The second kappa shape index (κ2) is 7.08. The van der Waals surface area contributed by atoms with Crippen LogP contribution in [0.1, 0.15) is 33.6 Å². The molecule has 0 aliphatic carbocycles. The van der Waals surface area contributed by atoms with Gasteiger partial charge in [0.2, 0.25) is 10.0 Å². The van der Waals surface area contributed by atoms with Gasteiger partial charge < -0.3 is 5.73 Å². The van der Waals surface area contributed by atoms with E-state index in [2.05, 4.69) is 4.72 Å². The van der Waals surface area contributed by atoms with Gasteiger partial charge in [-0.3, -0.25) is 0 Å². The van der Waals surface area contributed by atoms with Crippen molar-refractivity contribution < 1.29 is 16.8 Å². The van der Waals surface area contributed by atoms with Crippen molar-refractivity contribution in [1.29, 1.82) is 0 Å². The van der Waals surface area contributed by atoms with Crippen LogP contribution in [0.25, 0.3) is 0 Å². The molecule has 6 nitrogen and oxygen atoms in total. The first-order valence-corrected chi connectivity index (χ1v) is 10.3. The van der Waals surface area contributed by atoms with Gasteiger partial charge in [0, 0.05) is 12.1 Å². The summed E-state index contributed by atoms with van der Waals surface area (Å²) in [4.78, 5) is -0.0700. The average molecular weight is 348 g/mol. The highest BCUT2D eigenvalue weighted by Crippen LogP contribution is 2.18. The third-order valence-electron chi connectivity index (χ3n) is 3.88. The highest BCUT2D eigenvalue weighted by Gasteiger charge is 2.24. The van der Waals surface area contributed by atoms with Crippen LogP contribution in [-0.2, 0) is 19.9 Å². The van der Waals surface area contributed by atoms with Gasteiger partial charge in [-0.25, -0.2) is 21.6 Å². The van der Waals surface area contributed by atoms with E-state index in [0.717, 1.165) is 0 Å². The summed E-state index contributed by atoms with van der Waals surface area (Å²) in [5.74, 6) is -0.0818. The molecular formula is C14H24N2O4S2. The van der Waals surface area contributed by atoms with Crippen molar-refractivity contribution in [3.05, 3.63) is 24.3 Å². The molecule has 0 radical (unpaired) electrons. The topological polar surface area (TPSA) is 106 Å². The largest absolute Gasteiger partial charge is 0.324 e. The van der Waals surface area contributed by atoms with Gasteiger partial charge in [0.15, 0.2) is 9.84 Å². The van der Waals surface area contributed by atoms with Crippen molar-refractivity contribution in [2.45, 2.75) is 48.9 Å². The van der Waals surface area contributed by atoms with Gasteiger partial charge in [0.25, 0.3) is 0 Å². The van der Waals surface area contributed by atoms with E-state index in [-0.39, 0.29) is 22.1 Å². The first kappa shape index (κ1) is 19.1. The van der Waals surface area contributed by atoms with Crippen molar-refractivity contribution in [3.8, 4) is 0 Å². The molecular weight excluding hydrogens is 324 g/mol. The zero-order valence-electron chi connectivity index (χ0n) is 13.2. The summed E-state index contributed by atoms with van der Waals surface area (Å²) in [5.41, 5.74) is 5.47. The number of sulfonamides is 1. The molecule has 1 aromatic rings. The molecule has 0 saturated carbocycles. The number of hydrogen-bond donors (Lipinski definition) is 2. The Hall–Kier alpha value is -0.960. The Balaban J connectivity index is 3.07.